The van der Waals surface area contributed by atoms with Gasteiger partial charge in [0.2, 0.25) is 11.2 Å². The Hall–Kier alpha value is -2.98. The number of aryl methyl sites for hydroxylation is 1. The van der Waals surface area contributed by atoms with Crippen molar-refractivity contribution in [2.75, 3.05) is 0 Å². The normalized spacial score (nSPS) is 11.6. The SMILES string of the molecule is Cn1cc(C(F)(F)F)nc1-c1ccc(COc2nc(Cl)ncc2-c2cnsc2)cc1. The molecule has 4 aromatic rings. The smallest absolute Gasteiger partial charge is 0.434 e. The van der Waals surface area contributed by atoms with Gasteiger partial charge < -0.3 is 9.30 Å². The molecule has 154 valence electrons. The number of hydrogen-bond acceptors (Lipinski definition) is 6. The fraction of sp³-hybridized carbons (Fsp3) is 0.158. The average Bonchev–Trinajstić information content (AvgIpc) is 3.36. The highest BCUT2D eigenvalue weighted by atomic mass is 35.5. The number of ether oxygens (including phenoxy) is 1. The highest BCUT2D eigenvalue weighted by molar-refractivity contribution is 7.03. The van der Waals surface area contributed by atoms with Crippen LogP contribution in [0, 0.1) is 0 Å². The molecule has 30 heavy (non-hydrogen) atoms. The standard InChI is InChI=1S/C19H13ClF3N5OS/c1-28-8-15(19(21,22)23)26-16(28)12-4-2-11(3-5-12)9-29-17-14(7-24-18(20)27-17)13-6-25-30-10-13/h2-8,10H,9H2,1H3. The fourth-order valence-electron chi connectivity index (χ4n) is 2.76. The van der Waals surface area contributed by atoms with E-state index in [1.54, 1.807) is 36.7 Å². The predicted molar refractivity (Wildman–Crippen MR) is 106 cm³/mol. The van der Waals surface area contributed by atoms with Crippen molar-refractivity contribution in [3.63, 3.8) is 0 Å². The molecule has 3 aromatic heterocycles. The molecule has 0 radical (unpaired) electrons. The van der Waals surface area contributed by atoms with Gasteiger partial charge in [0, 0.05) is 42.1 Å². The molecule has 0 saturated carbocycles. The van der Waals surface area contributed by atoms with Crippen molar-refractivity contribution in [1.82, 2.24) is 23.9 Å². The first-order chi connectivity index (χ1) is 14.3. The summed E-state index contributed by atoms with van der Waals surface area (Å²) in [5, 5.41) is 1.90. The zero-order valence-corrected chi connectivity index (χ0v) is 17.0. The Labute approximate surface area is 178 Å². The van der Waals surface area contributed by atoms with E-state index in [0.29, 0.717) is 17.0 Å². The van der Waals surface area contributed by atoms with Gasteiger partial charge in [0.05, 0.1) is 5.56 Å². The third-order valence-corrected chi connectivity index (χ3v) is 4.99. The van der Waals surface area contributed by atoms with Gasteiger partial charge >= 0.3 is 6.18 Å². The lowest BCUT2D eigenvalue weighted by Crippen LogP contribution is -2.04. The summed E-state index contributed by atoms with van der Waals surface area (Å²) < 4.78 is 49.8. The summed E-state index contributed by atoms with van der Waals surface area (Å²) in [4.78, 5) is 11.8. The summed E-state index contributed by atoms with van der Waals surface area (Å²) in [6, 6.07) is 6.90. The van der Waals surface area contributed by atoms with Crippen LogP contribution in [0.1, 0.15) is 11.3 Å². The number of halogens is 4. The van der Waals surface area contributed by atoms with Crippen molar-refractivity contribution in [2.45, 2.75) is 12.8 Å². The number of rotatable bonds is 5. The summed E-state index contributed by atoms with van der Waals surface area (Å²) in [5.41, 5.74) is 1.92. The van der Waals surface area contributed by atoms with Crippen LogP contribution in [-0.4, -0.2) is 23.9 Å². The summed E-state index contributed by atoms with van der Waals surface area (Å²) in [6.45, 7) is 0.187. The molecule has 0 atom stereocenters. The lowest BCUT2D eigenvalue weighted by atomic mass is 10.1. The van der Waals surface area contributed by atoms with Crippen molar-refractivity contribution in [2.24, 2.45) is 7.05 Å². The van der Waals surface area contributed by atoms with Gasteiger partial charge in [-0.25, -0.2) is 14.3 Å². The van der Waals surface area contributed by atoms with Crippen molar-refractivity contribution < 1.29 is 17.9 Å². The Morgan fingerprint density at radius 3 is 2.50 bits per heavy atom. The molecule has 3 heterocycles. The van der Waals surface area contributed by atoms with Crippen LogP contribution in [0.4, 0.5) is 13.2 Å². The van der Waals surface area contributed by atoms with Crippen LogP contribution in [-0.2, 0) is 19.8 Å². The van der Waals surface area contributed by atoms with Gasteiger partial charge in [-0.3, -0.25) is 0 Å². The fourth-order valence-corrected chi connectivity index (χ4v) is 3.43. The molecule has 0 spiro atoms. The van der Waals surface area contributed by atoms with E-state index >= 15 is 0 Å². The Morgan fingerprint density at radius 1 is 1.10 bits per heavy atom. The van der Waals surface area contributed by atoms with Crippen LogP contribution >= 0.6 is 23.1 Å². The zero-order valence-electron chi connectivity index (χ0n) is 15.4. The molecule has 0 bridgehead atoms. The van der Waals surface area contributed by atoms with Crippen LogP contribution < -0.4 is 4.74 Å². The molecule has 0 N–H and O–H groups in total. The largest absolute Gasteiger partial charge is 0.472 e. The van der Waals surface area contributed by atoms with Crippen molar-refractivity contribution in [1.29, 1.82) is 0 Å². The Balaban J connectivity index is 1.52. The average molecular weight is 452 g/mol. The molecule has 0 amide bonds. The lowest BCUT2D eigenvalue weighted by Gasteiger charge is -2.10. The number of aromatic nitrogens is 5. The molecule has 4 rings (SSSR count). The molecular formula is C19H13ClF3N5OS. The third-order valence-electron chi connectivity index (χ3n) is 4.22. The summed E-state index contributed by atoms with van der Waals surface area (Å²) in [6.07, 6.45) is -0.276. The summed E-state index contributed by atoms with van der Waals surface area (Å²) in [7, 11) is 1.52. The van der Waals surface area contributed by atoms with Gasteiger partial charge in [-0.15, -0.1) is 0 Å². The molecule has 0 saturated heterocycles. The topological polar surface area (TPSA) is 65.7 Å². The van der Waals surface area contributed by atoms with Crippen LogP contribution in [0.15, 0.2) is 48.2 Å². The van der Waals surface area contributed by atoms with Gasteiger partial charge in [-0.1, -0.05) is 24.3 Å². The van der Waals surface area contributed by atoms with Gasteiger partial charge in [-0.2, -0.15) is 18.2 Å². The van der Waals surface area contributed by atoms with E-state index in [2.05, 4.69) is 19.3 Å². The number of imidazole rings is 1. The molecule has 1 aromatic carbocycles. The quantitative estimate of drug-likeness (QED) is 0.388. The van der Waals surface area contributed by atoms with Gasteiger partial charge in [0.1, 0.15) is 12.4 Å². The van der Waals surface area contributed by atoms with Crippen molar-refractivity contribution in [3.05, 3.63) is 64.8 Å². The highest BCUT2D eigenvalue weighted by Crippen LogP contribution is 2.31. The number of hydrogen-bond donors (Lipinski definition) is 0. The Bertz CT molecular complexity index is 1160. The van der Waals surface area contributed by atoms with Crippen LogP contribution in [0.5, 0.6) is 5.88 Å². The second-order valence-corrected chi connectivity index (χ2v) is 7.31. The molecule has 0 aliphatic carbocycles. The van der Waals surface area contributed by atoms with Gasteiger partial charge in [0.25, 0.3) is 0 Å². The lowest BCUT2D eigenvalue weighted by molar-refractivity contribution is -0.140. The second-order valence-electron chi connectivity index (χ2n) is 6.31. The van der Waals surface area contributed by atoms with Crippen LogP contribution in [0.25, 0.3) is 22.5 Å². The van der Waals surface area contributed by atoms with Crippen LogP contribution in [0.2, 0.25) is 5.28 Å². The van der Waals surface area contributed by atoms with Gasteiger partial charge in [-0.05, 0) is 28.7 Å². The van der Waals surface area contributed by atoms with E-state index in [1.165, 1.54) is 23.1 Å². The molecule has 0 aliphatic rings. The molecule has 6 nitrogen and oxygen atoms in total. The van der Waals surface area contributed by atoms with Gasteiger partial charge in [0.15, 0.2) is 5.69 Å². The minimum atomic E-state index is -4.49. The first-order valence-electron chi connectivity index (χ1n) is 8.56. The molecule has 0 unspecified atom stereocenters. The van der Waals surface area contributed by atoms with Crippen LogP contribution in [0.3, 0.4) is 0 Å². The minimum absolute atomic E-state index is 0.0579. The number of alkyl halides is 3. The first kappa shape index (κ1) is 20.3. The predicted octanol–water partition coefficient (Wildman–Crippen LogP) is 5.25. The molecule has 0 aliphatic heterocycles. The van der Waals surface area contributed by atoms with E-state index in [1.807, 2.05) is 5.38 Å². The van der Waals surface area contributed by atoms with E-state index in [-0.39, 0.29) is 17.7 Å². The first-order valence-corrected chi connectivity index (χ1v) is 9.77. The Morgan fingerprint density at radius 2 is 1.87 bits per heavy atom. The highest BCUT2D eigenvalue weighted by Gasteiger charge is 2.34. The van der Waals surface area contributed by atoms with E-state index in [4.69, 9.17) is 16.3 Å². The van der Waals surface area contributed by atoms with E-state index in [9.17, 15) is 13.2 Å². The molecular weight excluding hydrogens is 439 g/mol. The number of benzene rings is 1. The van der Waals surface area contributed by atoms with Crippen molar-refractivity contribution >= 4 is 23.1 Å². The maximum Gasteiger partial charge on any atom is 0.434 e. The second kappa shape index (κ2) is 8.04. The maximum atomic E-state index is 12.9. The monoisotopic (exact) mass is 451 g/mol. The van der Waals surface area contributed by atoms with E-state index < -0.39 is 11.9 Å². The Kier molecular flexibility index (Phi) is 5.44. The molecule has 0 fully saturated rings. The summed E-state index contributed by atoms with van der Waals surface area (Å²) >= 11 is 7.19. The molecule has 11 heteroatoms. The zero-order chi connectivity index (χ0) is 21.3. The third kappa shape index (κ3) is 4.29. The number of nitrogens with zero attached hydrogens (tertiary/aromatic N) is 5. The minimum Gasteiger partial charge on any atom is -0.472 e. The maximum absolute atomic E-state index is 12.9. The van der Waals surface area contributed by atoms with Crippen molar-refractivity contribution in [3.8, 4) is 28.4 Å². The van der Waals surface area contributed by atoms with E-state index in [0.717, 1.165) is 17.3 Å². The summed E-state index contributed by atoms with van der Waals surface area (Å²) in [5.74, 6) is 0.544.